The van der Waals surface area contributed by atoms with E-state index in [2.05, 4.69) is 5.32 Å². The van der Waals surface area contributed by atoms with E-state index < -0.39 is 11.6 Å². The average Bonchev–Trinajstić information content (AvgIpc) is 2.48. The molecule has 0 aliphatic heterocycles. The summed E-state index contributed by atoms with van der Waals surface area (Å²) in [4.78, 5) is 0. The van der Waals surface area contributed by atoms with Gasteiger partial charge in [0.1, 0.15) is 11.5 Å². The Labute approximate surface area is 116 Å². The van der Waals surface area contributed by atoms with Gasteiger partial charge in [-0.1, -0.05) is 6.07 Å². The Morgan fingerprint density at radius 3 is 2.40 bits per heavy atom. The Hall–Kier alpha value is -2.30. The van der Waals surface area contributed by atoms with Gasteiger partial charge in [-0.2, -0.15) is 0 Å². The number of halogens is 2. The zero-order chi connectivity index (χ0) is 14.5. The van der Waals surface area contributed by atoms with Crippen molar-refractivity contribution in [2.45, 2.75) is 6.54 Å². The minimum absolute atomic E-state index is 0.348. The summed E-state index contributed by atoms with van der Waals surface area (Å²) < 4.78 is 36.3. The second kappa shape index (κ2) is 6.23. The Morgan fingerprint density at radius 2 is 1.75 bits per heavy atom. The van der Waals surface area contributed by atoms with Crippen LogP contribution in [0.2, 0.25) is 0 Å². The molecule has 2 aromatic rings. The maximum atomic E-state index is 13.1. The highest BCUT2D eigenvalue weighted by atomic mass is 19.2. The predicted octanol–water partition coefficient (Wildman–Crippen LogP) is 3.59. The molecule has 0 heterocycles. The molecular weight excluding hydrogens is 264 g/mol. The first-order chi connectivity index (χ1) is 9.63. The van der Waals surface area contributed by atoms with Crippen LogP contribution < -0.4 is 14.8 Å². The SMILES string of the molecule is COc1ccc(OC)c(NCc2ccc(F)c(F)c2)c1. The topological polar surface area (TPSA) is 30.5 Å². The van der Waals surface area contributed by atoms with Crippen LogP contribution in [0.25, 0.3) is 0 Å². The highest BCUT2D eigenvalue weighted by molar-refractivity contribution is 5.59. The van der Waals surface area contributed by atoms with E-state index in [1.54, 1.807) is 32.4 Å². The summed E-state index contributed by atoms with van der Waals surface area (Å²) >= 11 is 0. The monoisotopic (exact) mass is 279 g/mol. The lowest BCUT2D eigenvalue weighted by Gasteiger charge is -2.12. The fourth-order valence-corrected chi connectivity index (χ4v) is 1.80. The van der Waals surface area contributed by atoms with E-state index in [0.29, 0.717) is 23.6 Å². The van der Waals surface area contributed by atoms with Crippen molar-refractivity contribution in [1.29, 1.82) is 0 Å². The summed E-state index contributed by atoms with van der Waals surface area (Å²) in [6.45, 7) is 0.348. The lowest BCUT2D eigenvalue weighted by molar-refractivity contribution is 0.404. The van der Waals surface area contributed by atoms with E-state index in [1.807, 2.05) is 0 Å². The summed E-state index contributed by atoms with van der Waals surface area (Å²) in [6.07, 6.45) is 0. The van der Waals surface area contributed by atoms with Crippen LogP contribution in [0.15, 0.2) is 36.4 Å². The number of methoxy groups -OCH3 is 2. The van der Waals surface area contributed by atoms with Gasteiger partial charge in [0.2, 0.25) is 0 Å². The van der Waals surface area contributed by atoms with Crippen molar-refractivity contribution in [3.8, 4) is 11.5 Å². The molecule has 20 heavy (non-hydrogen) atoms. The summed E-state index contributed by atoms with van der Waals surface area (Å²) in [5.74, 6) is -0.387. The van der Waals surface area contributed by atoms with Gasteiger partial charge in [0, 0.05) is 12.6 Å². The molecule has 0 saturated heterocycles. The minimum Gasteiger partial charge on any atom is -0.497 e. The van der Waals surface area contributed by atoms with E-state index in [0.717, 1.165) is 17.8 Å². The molecule has 0 spiro atoms. The Kier molecular flexibility index (Phi) is 4.40. The molecule has 1 N–H and O–H groups in total. The lowest BCUT2D eigenvalue weighted by Crippen LogP contribution is -2.02. The van der Waals surface area contributed by atoms with Crippen LogP contribution in [0, 0.1) is 11.6 Å². The van der Waals surface area contributed by atoms with Gasteiger partial charge >= 0.3 is 0 Å². The summed E-state index contributed by atoms with van der Waals surface area (Å²) in [6, 6.07) is 9.12. The highest BCUT2D eigenvalue weighted by Crippen LogP contribution is 2.29. The second-order valence-electron chi connectivity index (χ2n) is 4.17. The van der Waals surface area contributed by atoms with Crippen molar-refractivity contribution in [3.05, 3.63) is 53.6 Å². The molecule has 2 rings (SSSR count). The number of anilines is 1. The quantitative estimate of drug-likeness (QED) is 0.907. The highest BCUT2D eigenvalue weighted by Gasteiger charge is 2.06. The number of rotatable bonds is 5. The number of hydrogen-bond acceptors (Lipinski definition) is 3. The van der Waals surface area contributed by atoms with E-state index in [-0.39, 0.29) is 0 Å². The maximum absolute atomic E-state index is 13.1. The van der Waals surface area contributed by atoms with Crippen LogP contribution in [-0.4, -0.2) is 14.2 Å². The number of ether oxygens (including phenoxy) is 2. The third-order valence-electron chi connectivity index (χ3n) is 2.87. The van der Waals surface area contributed by atoms with Crippen molar-refractivity contribution in [1.82, 2.24) is 0 Å². The van der Waals surface area contributed by atoms with Crippen LogP contribution >= 0.6 is 0 Å². The number of benzene rings is 2. The second-order valence-corrected chi connectivity index (χ2v) is 4.17. The van der Waals surface area contributed by atoms with Crippen molar-refractivity contribution in [3.63, 3.8) is 0 Å². The molecule has 0 amide bonds. The smallest absolute Gasteiger partial charge is 0.159 e. The standard InChI is InChI=1S/C15H15F2NO2/c1-19-11-4-6-15(20-2)14(8-11)18-9-10-3-5-12(16)13(17)7-10/h3-8,18H,9H2,1-2H3. The van der Waals surface area contributed by atoms with Crippen molar-refractivity contribution in [2.24, 2.45) is 0 Å². The molecule has 2 aromatic carbocycles. The van der Waals surface area contributed by atoms with E-state index in [9.17, 15) is 8.78 Å². The maximum Gasteiger partial charge on any atom is 0.159 e. The Morgan fingerprint density at radius 1 is 0.950 bits per heavy atom. The third kappa shape index (κ3) is 3.17. The first kappa shape index (κ1) is 14.1. The van der Waals surface area contributed by atoms with Gasteiger partial charge in [-0.15, -0.1) is 0 Å². The molecular formula is C15H15F2NO2. The van der Waals surface area contributed by atoms with Crippen LogP contribution in [0.4, 0.5) is 14.5 Å². The molecule has 0 unspecified atom stereocenters. The van der Waals surface area contributed by atoms with Gasteiger partial charge in [-0.3, -0.25) is 0 Å². The molecule has 5 heteroatoms. The molecule has 0 atom stereocenters. The molecule has 0 aliphatic carbocycles. The molecule has 3 nitrogen and oxygen atoms in total. The molecule has 0 bridgehead atoms. The summed E-state index contributed by atoms with van der Waals surface area (Å²) in [7, 11) is 3.13. The Bertz CT molecular complexity index is 602. The molecule has 106 valence electrons. The van der Waals surface area contributed by atoms with Crippen LogP contribution in [0.3, 0.4) is 0 Å². The summed E-state index contributed by atoms with van der Waals surface area (Å²) in [5.41, 5.74) is 1.35. The van der Waals surface area contributed by atoms with Gasteiger partial charge in [0.25, 0.3) is 0 Å². The van der Waals surface area contributed by atoms with Crippen molar-refractivity contribution < 1.29 is 18.3 Å². The molecule has 0 aromatic heterocycles. The Balaban J connectivity index is 2.15. The minimum atomic E-state index is -0.859. The molecule has 0 aliphatic rings. The van der Waals surface area contributed by atoms with Crippen molar-refractivity contribution >= 4 is 5.69 Å². The van der Waals surface area contributed by atoms with E-state index in [1.165, 1.54) is 6.07 Å². The third-order valence-corrected chi connectivity index (χ3v) is 2.87. The lowest BCUT2D eigenvalue weighted by atomic mass is 10.2. The van der Waals surface area contributed by atoms with Gasteiger partial charge in [-0.05, 0) is 29.8 Å². The zero-order valence-corrected chi connectivity index (χ0v) is 11.2. The first-order valence-corrected chi connectivity index (χ1v) is 6.04. The largest absolute Gasteiger partial charge is 0.497 e. The van der Waals surface area contributed by atoms with Crippen LogP contribution in [0.1, 0.15) is 5.56 Å². The molecule has 0 radical (unpaired) electrons. The van der Waals surface area contributed by atoms with Crippen LogP contribution in [-0.2, 0) is 6.54 Å². The van der Waals surface area contributed by atoms with Gasteiger partial charge in [-0.25, -0.2) is 8.78 Å². The normalized spacial score (nSPS) is 10.2. The van der Waals surface area contributed by atoms with Crippen LogP contribution in [0.5, 0.6) is 11.5 Å². The summed E-state index contributed by atoms with van der Waals surface area (Å²) in [5, 5.41) is 3.11. The number of hydrogen-bond donors (Lipinski definition) is 1. The van der Waals surface area contributed by atoms with Gasteiger partial charge in [0.05, 0.1) is 19.9 Å². The van der Waals surface area contributed by atoms with Gasteiger partial charge in [0.15, 0.2) is 11.6 Å². The average molecular weight is 279 g/mol. The zero-order valence-electron chi connectivity index (χ0n) is 11.2. The van der Waals surface area contributed by atoms with E-state index >= 15 is 0 Å². The van der Waals surface area contributed by atoms with E-state index in [4.69, 9.17) is 9.47 Å². The van der Waals surface area contributed by atoms with Gasteiger partial charge < -0.3 is 14.8 Å². The number of nitrogens with one attached hydrogen (secondary N) is 1. The molecule has 0 saturated carbocycles. The fraction of sp³-hybridized carbons (Fsp3) is 0.200. The fourth-order valence-electron chi connectivity index (χ4n) is 1.80. The first-order valence-electron chi connectivity index (χ1n) is 6.04. The predicted molar refractivity (Wildman–Crippen MR) is 73.2 cm³/mol. The van der Waals surface area contributed by atoms with Crippen molar-refractivity contribution in [2.75, 3.05) is 19.5 Å². The molecule has 0 fully saturated rings.